The fraction of sp³-hybridized carbons (Fsp3) is 0.824. The van der Waals surface area contributed by atoms with Crippen molar-refractivity contribution < 1.29 is 19.5 Å². The molecule has 23 heavy (non-hydrogen) atoms. The second-order valence-electron chi connectivity index (χ2n) is 7.08. The molecule has 1 atom stereocenters. The van der Waals surface area contributed by atoms with Gasteiger partial charge in [-0.3, -0.25) is 14.4 Å². The molecule has 0 heterocycles. The van der Waals surface area contributed by atoms with Crippen molar-refractivity contribution in [3.05, 3.63) is 0 Å². The maximum Gasteiger partial charge on any atom is 0.311 e. The predicted molar refractivity (Wildman–Crippen MR) is 85.7 cm³/mol. The minimum absolute atomic E-state index is 0.0222. The van der Waals surface area contributed by atoms with Gasteiger partial charge in [0.15, 0.2) is 0 Å². The molecule has 0 spiro atoms. The number of carboxylic acids is 1. The molecule has 0 saturated heterocycles. The molecule has 0 aromatic carbocycles. The first-order chi connectivity index (χ1) is 10.9. The zero-order valence-corrected chi connectivity index (χ0v) is 13.9. The number of amides is 2. The minimum atomic E-state index is -0.844. The highest BCUT2D eigenvalue weighted by Crippen LogP contribution is 2.36. The first-order valence-electron chi connectivity index (χ1n) is 8.76. The van der Waals surface area contributed by atoms with Crippen LogP contribution in [0.15, 0.2) is 0 Å². The average molecular weight is 324 g/mol. The van der Waals surface area contributed by atoms with E-state index >= 15 is 0 Å². The van der Waals surface area contributed by atoms with E-state index in [1.165, 1.54) is 0 Å². The highest BCUT2D eigenvalue weighted by molar-refractivity contribution is 5.88. The summed E-state index contributed by atoms with van der Waals surface area (Å²) in [6.07, 6.45) is 7.95. The number of aliphatic carboxylic acids is 1. The zero-order valence-electron chi connectivity index (χ0n) is 13.9. The summed E-state index contributed by atoms with van der Waals surface area (Å²) >= 11 is 0. The number of hydrogen-bond donors (Lipinski definition) is 3. The van der Waals surface area contributed by atoms with Crippen molar-refractivity contribution in [2.75, 3.05) is 6.54 Å². The van der Waals surface area contributed by atoms with Crippen LogP contribution in [0.1, 0.15) is 64.7 Å². The summed E-state index contributed by atoms with van der Waals surface area (Å²) in [7, 11) is 0. The number of carboxylic acid groups (broad SMARTS) is 1. The SMILES string of the molecule is CC(NC(=O)C1CCCC1)C(=O)NCC1(C(=O)O)CCCCC1. The first-order valence-corrected chi connectivity index (χ1v) is 8.76. The summed E-state index contributed by atoms with van der Waals surface area (Å²) in [5.74, 6) is -1.17. The van der Waals surface area contributed by atoms with Crippen molar-refractivity contribution in [2.45, 2.75) is 70.8 Å². The van der Waals surface area contributed by atoms with Gasteiger partial charge in [-0.25, -0.2) is 0 Å². The Morgan fingerprint density at radius 2 is 1.70 bits per heavy atom. The topological polar surface area (TPSA) is 95.5 Å². The first kappa shape index (κ1) is 17.8. The maximum absolute atomic E-state index is 12.2. The summed E-state index contributed by atoms with van der Waals surface area (Å²) < 4.78 is 0. The van der Waals surface area contributed by atoms with Gasteiger partial charge in [-0.05, 0) is 32.6 Å². The second-order valence-corrected chi connectivity index (χ2v) is 7.08. The van der Waals surface area contributed by atoms with Crippen LogP contribution in [0.25, 0.3) is 0 Å². The summed E-state index contributed by atoms with van der Waals surface area (Å²) in [5, 5.41) is 15.0. The van der Waals surface area contributed by atoms with Gasteiger partial charge in [-0.2, -0.15) is 0 Å². The second kappa shape index (κ2) is 7.79. The lowest BCUT2D eigenvalue weighted by Crippen LogP contribution is -2.51. The van der Waals surface area contributed by atoms with Crippen LogP contribution in [0.5, 0.6) is 0 Å². The zero-order chi connectivity index (χ0) is 16.9. The van der Waals surface area contributed by atoms with E-state index < -0.39 is 17.4 Å². The molecular formula is C17H28N2O4. The van der Waals surface area contributed by atoms with Crippen LogP contribution in [0.3, 0.4) is 0 Å². The number of rotatable bonds is 6. The van der Waals surface area contributed by atoms with Crippen LogP contribution in [-0.2, 0) is 14.4 Å². The molecule has 0 bridgehead atoms. The maximum atomic E-state index is 12.2. The molecular weight excluding hydrogens is 296 g/mol. The Labute approximate surface area is 137 Å². The van der Waals surface area contributed by atoms with Crippen LogP contribution < -0.4 is 10.6 Å². The van der Waals surface area contributed by atoms with Gasteiger partial charge < -0.3 is 15.7 Å². The van der Waals surface area contributed by atoms with Gasteiger partial charge in [0.05, 0.1) is 5.41 Å². The van der Waals surface area contributed by atoms with Gasteiger partial charge >= 0.3 is 5.97 Å². The van der Waals surface area contributed by atoms with Crippen molar-refractivity contribution in [3.63, 3.8) is 0 Å². The van der Waals surface area contributed by atoms with Crippen molar-refractivity contribution in [1.29, 1.82) is 0 Å². The summed E-state index contributed by atoms with van der Waals surface area (Å²) in [4.78, 5) is 35.8. The fourth-order valence-corrected chi connectivity index (χ4v) is 3.69. The monoisotopic (exact) mass is 324 g/mol. The van der Waals surface area contributed by atoms with Gasteiger partial charge in [-0.1, -0.05) is 32.1 Å². The van der Waals surface area contributed by atoms with Gasteiger partial charge in [-0.15, -0.1) is 0 Å². The molecule has 0 aliphatic heterocycles. The van der Waals surface area contributed by atoms with Gasteiger partial charge in [0.25, 0.3) is 0 Å². The molecule has 2 fully saturated rings. The largest absolute Gasteiger partial charge is 0.481 e. The lowest BCUT2D eigenvalue weighted by atomic mass is 9.74. The lowest BCUT2D eigenvalue weighted by Gasteiger charge is -2.33. The van der Waals surface area contributed by atoms with E-state index in [0.29, 0.717) is 12.8 Å². The Morgan fingerprint density at radius 3 is 2.26 bits per heavy atom. The molecule has 0 radical (unpaired) electrons. The van der Waals surface area contributed by atoms with E-state index in [4.69, 9.17) is 0 Å². The Morgan fingerprint density at radius 1 is 1.09 bits per heavy atom. The normalized spacial score (nSPS) is 22.3. The van der Waals surface area contributed by atoms with Gasteiger partial charge in [0, 0.05) is 12.5 Å². The van der Waals surface area contributed by atoms with Crippen molar-refractivity contribution in [1.82, 2.24) is 10.6 Å². The highest BCUT2D eigenvalue weighted by Gasteiger charge is 2.40. The van der Waals surface area contributed by atoms with Crippen LogP contribution in [0.4, 0.5) is 0 Å². The van der Waals surface area contributed by atoms with Gasteiger partial charge in [0.2, 0.25) is 11.8 Å². The van der Waals surface area contributed by atoms with Crippen molar-refractivity contribution in [2.24, 2.45) is 11.3 Å². The van der Waals surface area contributed by atoms with E-state index in [9.17, 15) is 19.5 Å². The Hall–Kier alpha value is -1.59. The number of carbonyl (C=O) groups is 3. The third kappa shape index (κ3) is 4.45. The Balaban J connectivity index is 1.82. The molecule has 2 saturated carbocycles. The molecule has 6 nitrogen and oxygen atoms in total. The van der Waals surface area contributed by atoms with E-state index in [2.05, 4.69) is 10.6 Å². The third-order valence-electron chi connectivity index (χ3n) is 5.34. The lowest BCUT2D eigenvalue weighted by molar-refractivity contribution is -0.151. The highest BCUT2D eigenvalue weighted by atomic mass is 16.4. The number of hydrogen-bond acceptors (Lipinski definition) is 3. The molecule has 130 valence electrons. The summed E-state index contributed by atoms with van der Waals surface area (Å²) in [6.45, 7) is 1.79. The van der Waals surface area contributed by atoms with Crippen LogP contribution >= 0.6 is 0 Å². The number of nitrogens with one attached hydrogen (secondary N) is 2. The quantitative estimate of drug-likeness (QED) is 0.694. The fourth-order valence-electron chi connectivity index (χ4n) is 3.69. The van der Waals surface area contributed by atoms with E-state index in [0.717, 1.165) is 44.9 Å². The van der Waals surface area contributed by atoms with Crippen molar-refractivity contribution in [3.8, 4) is 0 Å². The molecule has 0 aromatic heterocycles. The smallest absolute Gasteiger partial charge is 0.311 e. The van der Waals surface area contributed by atoms with Crippen LogP contribution in [0.2, 0.25) is 0 Å². The molecule has 0 aromatic rings. The van der Waals surface area contributed by atoms with Crippen molar-refractivity contribution >= 4 is 17.8 Å². The van der Waals surface area contributed by atoms with E-state index in [-0.39, 0.29) is 24.3 Å². The molecule has 6 heteroatoms. The summed E-state index contributed by atoms with van der Waals surface area (Å²) in [6, 6.07) is -0.627. The molecule has 1 unspecified atom stereocenters. The predicted octanol–water partition coefficient (Wildman–Crippen LogP) is 1.83. The van der Waals surface area contributed by atoms with Crippen LogP contribution in [-0.4, -0.2) is 35.5 Å². The Kier molecular flexibility index (Phi) is 6.02. The number of carbonyl (C=O) groups excluding carboxylic acids is 2. The van der Waals surface area contributed by atoms with Crippen LogP contribution in [0, 0.1) is 11.3 Å². The molecule has 2 rings (SSSR count). The molecule has 2 amide bonds. The standard InChI is InChI=1S/C17H28N2O4/c1-12(19-15(21)13-7-3-4-8-13)14(20)18-11-17(16(22)23)9-5-2-6-10-17/h12-13H,2-11H2,1H3,(H,18,20)(H,19,21)(H,22,23). The van der Waals surface area contributed by atoms with E-state index in [1.54, 1.807) is 6.92 Å². The molecule has 3 N–H and O–H groups in total. The average Bonchev–Trinajstić information content (AvgIpc) is 3.07. The molecule has 2 aliphatic rings. The molecule has 2 aliphatic carbocycles. The third-order valence-corrected chi connectivity index (χ3v) is 5.34. The Bertz CT molecular complexity index is 452. The van der Waals surface area contributed by atoms with Gasteiger partial charge in [0.1, 0.15) is 6.04 Å². The summed E-state index contributed by atoms with van der Waals surface area (Å²) in [5.41, 5.74) is -0.844. The van der Waals surface area contributed by atoms with E-state index in [1.807, 2.05) is 0 Å². The minimum Gasteiger partial charge on any atom is -0.481 e.